The molecule has 0 aliphatic carbocycles. The largest absolute Gasteiger partial charge is 0.454 e. The Kier molecular flexibility index (Phi) is 6.30. The van der Waals surface area contributed by atoms with Crippen molar-refractivity contribution in [3.8, 4) is 23.0 Å². The summed E-state index contributed by atoms with van der Waals surface area (Å²) < 4.78 is 26.5. The first-order chi connectivity index (χ1) is 26.3. The van der Waals surface area contributed by atoms with E-state index in [1.807, 2.05) is 54.2 Å². The van der Waals surface area contributed by atoms with Crippen LogP contribution in [-0.2, 0) is 12.5 Å². The van der Waals surface area contributed by atoms with E-state index in [1.165, 1.54) is 5.56 Å². The molecule has 54 heavy (non-hydrogen) atoms. The molecule has 260 valence electrons. The number of pyridine rings is 1. The molecule has 0 N–H and O–H groups in total. The number of nitrogens with zero attached hydrogens (tertiary/aromatic N) is 4. The molecule has 0 spiro atoms. The first-order valence-corrected chi connectivity index (χ1v) is 18.2. The smallest absolute Gasteiger partial charge is 0.244 e. The molecule has 0 unspecified atom stereocenters. The predicted molar refractivity (Wildman–Crippen MR) is 215 cm³/mol. The third-order valence-corrected chi connectivity index (χ3v) is 10.7. The number of aryl methyl sites for hydroxylation is 1. The van der Waals surface area contributed by atoms with Crippen LogP contribution in [0, 0.1) is 6.33 Å². The molecule has 0 aliphatic rings. The van der Waals surface area contributed by atoms with Gasteiger partial charge in [0.2, 0.25) is 6.33 Å². The van der Waals surface area contributed by atoms with Crippen molar-refractivity contribution < 1.29 is 18.1 Å². The number of hydrogen-bond donors (Lipinski definition) is 0. The molecule has 7 nitrogen and oxygen atoms in total. The maximum atomic E-state index is 6.95. The second-order valence-corrected chi connectivity index (χ2v) is 15.1. The second kappa shape index (κ2) is 11.1. The van der Waals surface area contributed by atoms with Gasteiger partial charge in [-0.3, -0.25) is 4.57 Å². The number of imidazole rings is 1. The summed E-state index contributed by atoms with van der Waals surface area (Å²) >= 11 is 0. The summed E-state index contributed by atoms with van der Waals surface area (Å²) in [7, 11) is 2.01. The van der Waals surface area contributed by atoms with E-state index in [0.29, 0.717) is 22.7 Å². The van der Waals surface area contributed by atoms with Crippen LogP contribution in [0.3, 0.4) is 0 Å². The number of rotatable bonds is 4. The minimum Gasteiger partial charge on any atom is -0.454 e. The van der Waals surface area contributed by atoms with Crippen molar-refractivity contribution in [3.05, 3.63) is 145 Å². The van der Waals surface area contributed by atoms with E-state index in [1.54, 1.807) is 0 Å². The van der Waals surface area contributed by atoms with Crippen LogP contribution in [0.15, 0.2) is 142 Å². The van der Waals surface area contributed by atoms with Crippen molar-refractivity contribution >= 4 is 76.7 Å². The quantitative estimate of drug-likeness (QED) is 0.135. The van der Waals surface area contributed by atoms with Crippen LogP contribution in [0.25, 0.3) is 88.2 Å². The standard InChI is InChI=1S/C47H34N4O3/c1-47(2,3)28-21-22-48-43(23-28)51-37-13-7-5-11-31(37)32-18-17-30(26-40(32)51)52-42-25-29(50-27-49(4)38-14-8-9-15-39(38)50)24-36-35-20-19-34-33-12-6-10-16-41(33)53-45(34)46(35)54-44(36)42/h5-26H,1-4H3. The monoisotopic (exact) mass is 702 g/mol. The maximum absolute atomic E-state index is 6.95. The summed E-state index contributed by atoms with van der Waals surface area (Å²) in [6.07, 6.45) is 5.41. The lowest BCUT2D eigenvalue weighted by Crippen LogP contribution is -2.26. The molecule has 11 aromatic rings. The van der Waals surface area contributed by atoms with Crippen LogP contribution in [0.5, 0.6) is 11.5 Å². The highest BCUT2D eigenvalue weighted by Crippen LogP contribution is 2.44. The van der Waals surface area contributed by atoms with Gasteiger partial charge in [0.25, 0.3) is 0 Å². The number of hydrogen-bond acceptors (Lipinski definition) is 4. The van der Waals surface area contributed by atoms with Gasteiger partial charge in [-0.15, -0.1) is 0 Å². The minimum absolute atomic E-state index is 0.0266. The molecule has 0 amide bonds. The Hall–Kier alpha value is -6.86. The van der Waals surface area contributed by atoms with Gasteiger partial charge in [0.05, 0.1) is 34.8 Å². The van der Waals surface area contributed by atoms with Gasteiger partial charge in [-0.1, -0.05) is 81.4 Å². The normalized spacial score (nSPS) is 12.4. The van der Waals surface area contributed by atoms with Crippen LogP contribution in [0.4, 0.5) is 0 Å². The molecule has 7 heteroatoms. The van der Waals surface area contributed by atoms with E-state index < -0.39 is 0 Å². The van der Waals surface area contributed by atoms with Crippen molar-refractivity contribution in [2.75, 3.05) is 0 Å². The zero-order valence-corrected chi connectivity index (χ0v) is 30.2. The van der Waals surface area contributed by atoms with Crippen LogP contribution in [0.2, 0.25) is 0 Å². The maximum Gasteiger partial charge on any atom is 0.244 e. The molecule has 6 aromatic carbocycles. The van der Waals surface area contributed by atoms with E-state index >= 15 is 0 Å². The first kappa shape index (κ1) is 30.7. The lowest BCUT2D eigenvalue weighted by molar-refractivity contribution is -0.649. The summed E-state index contributed by atoms with van der Waals surface area (Å²) in [5.74, 6) is 2.13. The Morgan fingerprint density at radius 3 is 2.19 bits per heavy atom. The number of benzene rings is 6. The van der Waals surface area contributed by atoms with Crippen LogP contribution in [-0.4, -0.2) is 14.1 Å². The fourth-order valence-corrected chi connectivity index (χ4v) is 8.06. The van der Waals surface area contributed by atoms with Gasteiger partial charge in [-0.05, 0) is 71.6 Å². The Labute approximate surface area is 309 Å². The molecular weight excluding hydrogens is 669 g/mol. The average Bonchev–Trinajstić information content (AvgIpc) is 3.93. The van der Waals surface area contributed by atoms with Gasteiger partial charge in [0, 0.05) is 44.6 Å². The number of fused-ring (bicyclic) bond motifs is 11. The van der Waals surface area contributed by atoms with Crippen molar-refractivity contribution in [1.29, 1.82) is 0 Å². The number of aromatic nitrogens is 4. The van der Waals surface area contributed by atoms with Gasteiger partial charge >= 0.3 is 0 Å². The fourth-order valence-electron chi connectivity index (χ4n) is 8.06. The molecule has 11 rings (SSSR count). The highest BCUT2D eigenvalue weighted by Gasteiger charge is 2.22. The lowest BCUT2D eigenvalue weighted by Gasteiger charge is -2.20. The molecule has 5 aromatic heterocycles. The van der Waals surface area contributed by atoms with E-state index in [-0.39, 0.29) is 5.41 Å². The SMILES string of the molecule is C[n+]1[c-]n(-c2cc(Oc3ccc4c5ccccc5n(-c5cc(C(C)(C)C)ccn5)c4c3)c3oc4c(ccc5c6ccccc6oc54)c3c2)c2ccccc21. The van der Waals surface area contributed by atoms with Crippen molar-refractivity contribution in [1.82, 2.24) is 14.1 Å². The number of furan rings is 2. The fraction of sp³-hybridized carbons (Fsp3) is 0.106. The molecule has 5 heterocycles. The van der Waals surface area contributed by atoms with Gasteiger partial charge in [0.15, 0.2) is 22.5 Å². The second-order valence-electron chi connectivity index (χ2n) is 15.1. The number of para-hydroxylation sites is 4. The van der Waals surface area contributed by atoms with E-state index in [0.717, 1.165) is 77.1 Å². The predicted octanol–water partition coefficient (Wildman–Crippen LogP) is 11.6. The van der Waals surface area contributed by atoms with Gasteiger partial charge in [-0.2, -0.15) is 0 Å². The minimum atomic E-state index is -0.0266. The van der Waals surface area contributed by atoms with E-state index in [4.69, 9.17) is 18.6 Å². The Morgan fingerprint density at radius 2 is 1.33 bits per heavy atom. The van der Waals surface area contributed by atoms with E-state index in [9.17, 15) is 0 Å². The molecule has 0 fully saturated rings. The summed E-state index contributed by atoms with van der Waals surface area (Å²) in [6, 6.07) is 43.9. The van der Waals surface area contributed by atoms with Crippen LogP contribution in [0.1, 0.15) is 26.3 Å². The topological polar surface area (TPSA) is 62.1 Å². The summed E-state index contributed by atoms with van der Waals surface area (Å²) in [6.45, 7) is 6.68. The molecule has 0 radical (unpaired) electrons. The summed E-state index contributed by atoms with van der Waals surface area (Å²) in [5.41, 5.74) is 9.17. The Morgan fingerprint density at radius 1 is 0.630 bits per heavy atom. The Bertz CT molecular complexity index is 3310. The van der Waals surface area contributed by atoms with E-state index in [2.05, 4.69) is 127 Å². The molecule has 0 atom stereocenters. The summed E-state index contributed by atoms with van der Waals surface area (Å²) in [5, 5.41) is 6.22. The van der Waals surface area contributed by atoms with Gasteiger partial charge in [0.1, 0.15) is 17.2 Å². The average molecular weight is 703 g/mol. The lowest BCUT2D eigenvalue weighted by atomic mass is 9.88. The zero-order chi connectivity index (χ0) is 36.3. The number of ether oxygens (including phenoxy) is 1. The van der Waals surface area contributed by atoms with Crippen molar-refractivity contribution in [2.45, 2.75) is 26.2 Å². The van der Waals surface area contributed by atoms with Crippen LogP contribution < -0.4 is 9.30 Å². The Balaban J connectivity index is 1.15. The van der Waals surface area contributed by atoms with Crippen LogP contribution >= 0.6 is 0 Å². The molecule has 0 bridgehead atoms. The summed E-state index contributed by atoms with van der Waals surface area (Å²) in [4.78, 5) is 4.88. The third-order valence-electron chi connectivity index (χ3n) is 10.7. The van der Waals surface area contributed by atoms with Crippen molar-refractivity contribution in [3.63, 3.8) is 0 Å². The highest BCUT2D eigenvalue weighted by atomic mass is 16.5. The molecule has 0 saturated carbocycles. The highest BCUT2D eigenvalue weighted by molar-refractivity contribution is 6.19. The molecular formula is C47H34N4O3. The zero-order valence-electron chi connectivity index (χ0n) is 30.2. The van der Waals surface area contributed by atoms with Gasteiger partial charge < -0.3 is 22.7 Å². The first-order valence-electron chi connectivity index (χ1n) is 18.2. The third kappa shape index (κ3) is 4.48. The molecule has 0 aliphatic heterocycles. The van der Waals surface area contributed by atoms with Gasteiger partial charge in [-0.25, -0.2) is 4.98 Å². The van der Waals surface area contributed by atoms with Crippen molar-refractivity contribution in [2.24, 2.45) is 7.05 Å². The molecule has 0 saturated heterocycles.